The molecule has 0 bridgehead atoms. The molecule has 1 aromatic heterocycles. The number of hydrogen-bond donors (Lipinski definition) is 1. The third kappa shape index (κ3) is 2.57. The fourth-order valence-corrected chi connectivity index (χ4v) is 3.24. The van der Waals surface area contributed by atoms with Crippen LogP contribution >= 0.6 is 15.9 Å². The largest absolute Gasteiger partial charge is 0.422 e. The molecule has 1 aliphatic heterocycles. The molecule has 0 saturated carbocycles. The van der Waals surface area contributed by atoms with Crippen molar-refractivity contribution < 1.29 is 9.21 Å². The quantitative estimate of drug-likeness (QED) is 0.830. The van der Waals surface area contributed by atoms with Gasteiger partial charge < -0.3 is 14.6 Å². The van der Waals surface area contributed by atoms with Gasteiger partial charge in [-0.1, -0.05) is 15.9 Å². The Bertz CT molecular complexity index is 794. The summed E-state index contributed by atoms with van der Waals surface area (Å²) in [6, 6.07) is 5.51. The van der Waals surface area contributed by atoms with E-state index in [9.17, 15) is 9.59 Å². The van der Waals surface area contributed by atoms with Crippen LogP contribution < -0.4 is 10.9 Å². The molecule has 0 radical (unpaired) electrons. The molecular formula is C16H17BrN2O3. The summed E-state index contributed by atoms with van der Waals surface area (Å²) in [5, 5.41) is 4.00. The number of likely N-dealkylation sites (N-methyl/N-ethyl adjacent to an activating group) is 1. The van der Waals surface area contributed by atoms with Crippen LogP contribution in [-0.4, -0.2) is 37.0 Å². The lowest BCUT2D eigenvalue weighted by molar-refractivity contribution is 0.0739. The number of carbonyl (C=O) groups excluding carboxylic acids is 1. The fraction of sp³-hybridized carbons (Fsp3) is 0.375. The Labute approximate surface area is 136 Å². The predicted octanol–water partition coefficient (Wildman–Crippen LogP) is 2.30. The van der Waals surface area contributed by atoms with Crippen molar-refractivity contribution in [3.63, 3.8) is 0 Å². The van der Waals surface area contributed by atoms with Crippen LogP contribution in [0.15, 0.2) is 31.9 Å². The van der Waals surface area contributed by atoms with Gasteiger partial charge in [-0.15, -0.1) is 0 Å². The first-order chi connectivity index (χ1) is 10.5. The first kappa shape index (κ1) is 15.2. The van der Waals surface area contributed by atoms with E-state index in [2.05, 4.69) is 21.2 Å². The number of nitrogens with zero attached hydrogens (tertiary/aromatic N) is 1. The minimum absolute atomic E-state index is 0.115. The van der Waals surface area contributed by atoms with E-state index < -0.39 is 5.63 Å². The van der Waals surface area contributed by atoms with E-state index in [1.807, 2.05) is 12.1 Å². The highest BCUT2D eigenvalue weighted by atomic mass is 79.9. The molecular weight excluding hydrogens is 348 g/mol. The summed E-state index contributed by atoms with van der Waals surface area (Å²) >= 11 is 3.41. The molecule has 2 aromatic rings. The Kier molecular flexibility index (Phi) is 4.06. The van der Waals surface area contributed by atoms with Gasteiger partial charge in [-0.05, 0) is 43.7 Å². The number of halogens is 1. The van der Waals surface area contributed by atoms with E-state index in [0.29, 0.717) is 11.1 Å². The summed E-state index contributed by atoms with van der Waals surface area (Å²) in [5.41, 5.74) is 0.706. The summed E-state index contributed by atoms with van der Waals surface area (Å²) in [6.45, 7) is 3.44. The van der Waals surface area contributed by atoms with E-state index in [0.717, 1.165) is 29.4 Å². The lowest BCUT2D eigenvalue weighted by Gasteiger charge is -2.24. The normalized spacial score (nSPS) is 17.9. The molecule has 6 heteroatoms. The first-order valence-corrected chi connectivity index (χ1v) is 7.99. The van der Waals surface area contributed by atoms with Crippen molar-refractivity contribution in [2.45, 2.75) is 19.4 Å². The number of aryl methyl sites for hydroxylation is 1. The topological polar surface area (TPSA) is 62.6 Å². The molecule has 1 atom stereocenters. The summed E-state index contributed by atoms with van der Waals surface area (Å²) < 4.78 is 6.20. The van der Waals surface area contributed by atoms with E-state index in [1.54, 1.807) is 24.9 Å². The number of carbonyl (C=O) groups is 1. The van der Waals surface area contributed by atoms with Crippen LogP contribution in [0.1, 0.15) is 22.3 Å². The van der Waals surface area contributed by atoms with E-state index in [-0.39, 0.29) is 17.5 Å². The molecule has 1 N–H and O–H groups in total. The molecule has 22 heavy (non-hydrogen) atoms. The number of hydrogen-bond acceptors (Lipinski definition) is 4. The second-order valence-electron chi connectivity index (χ2n) is 5.59. The monoisotopic (exact) mass is 364 g/mol. The zero-order valence-corrected chi connectivity index (χ0v) is 14.1. The standard InChI is InChI=1S/C16H17BrN2O3/c1-9-12-7-10(17)3-4-13(12)22-16(21)14(9)15(20)19(2)11-5-6-18-8-11/h3-4,7,11,18H,5-6,8H2,1-2H3. The van der Waals surface area contributed by atoms with E-state index in [4.69, 9.17) is 4.42 Å². The summed E-state index contributed by atoms with van der Waals surface area (Å²) in [5.74, 6) is -0.276. The molecule has 1 fully saturated rings. The molecule has 1 aromatic carbocycles. The van der Waals surface area contributed by atoms with Gasteiger partial charge in [0.15, 0.2) is 0 Å². The molecule has 116 valence electrons. The zero-order valence-electron chi connectivity index (χ0n) is 12.5. The van der Waals surface area contributed by atoms with Crippen molar-refractivity contribution in [1.82, 2.24) is 10.2 Å². The summed E-state index contributed by atoms with van der Waals surface area (Å²) in [7, 11) is 1.74. The van der Waals surface area contributed by atoms with Gasteiger partial charge in [0.2, 0.25) is 0 Å². The second-order valence-corrected chi connectivity index (χ2v) is 6.51. The van der Waals surface area contributed by atoms with Gasteiger partial charge in [0.25, 0.3) is 5.91 Å². The van der Waals surface area contributed by atoms with Crippen molar-refractivity contribution in [2.75, 3.05) is 20.1 Å². The molecule has 1 aliphatic rings. The SMILES string of the molecule is Cc1c(C(=O)N(C)C2CCNC2)c(=O)oc2ccc(Br)cc12. The highest BCUT2D eigenvalue weighted by molar-refractivity contribution is 9.10. The van der Waals surface area contributed by atoms with Crippen molar-refractivity contribution in [1.29, 1.82) is 0 Å². The number of nitrogens with one attached hydrogen (secondary N) is 1. The lowest BCUT2D eigenvalue weighted by Crippen LogP contribution is -2.40. The van der Waals surface area contributed by atoms with Gasteiger partial charge in [0, 0.05) is 29.5 Å². The maximum atomic E-state index is 12.7. The number of rotatable bonds is 2. The van der Waals surface area contributed by atoms with Gasteiger partial charge in [0.1, 0.15) is 11.1 Å². The Morgan fingerprint density at radius 3 is 2.91 bits per heavy atom. The van der Waals surface area contributed by atoms with E-state index in [1.165, 1.54) is 0 Å². The van der Waals surface area contributed by atoms with Gasteiger partial charge in [0.05, 0.1) is 0 Å². The Balaban J connectivity index is 2.09. The first-order valence-electron chi connectivity index (χ1n) is 7.20. The predicted molar refractivity (Wildman–Crippen MR) is 88.3 cm³/mol. The molecule has 1 amide bonds. The van der Waals surface area contributed by atoms with Gasteiger partial charge in [-0.3, -0.25) is 4.79 Å². The van der Waals surface area contributed by atoms with Crippen LogP contribution in [0.3, 0.4) is 0 Å². The molecule has 3 rings (SSSR count). The second kappa shape index (κ2) is 5.85. The average Bonchev–Trinajstić information content (AvgIpc) is 3.01. The van der Waals surface area contributed by atoms with Crippen LogP contribution in [-0.2, 0) is 0 Å². The van der Waals surface area contributed by atoms with Crippen LogP contribution in [0.4, 0.5) is 0 Å². The fourth-order valence-electron chi connectivity index (χ4n) is 2.88. The van der Waals surface area contributed by atoms with Gasteiger partial charge >= 0.3 is 5.63 Å². The Hall–Kier alpha value is -1.66. The highest BCUT2D eigenvalue weighted by Gasteiger charge is 2.28. The van der Waals surface area contributed by atoms with Crippen molar-refractivity contribution in [2.24, 2.45) is 0 Å². The summed E-state index contributed by atoms with van der Waals surface area (Å²) in [6.07, 6.45) is 0.895. The minimum atomic E-state index is -0.574. The Morgan fingerprint density at radius 1 is 1.45 bits per heavy atom. The third-order valence-corrected chi connectivity index (χ3v) is 4.74. The highest BCUT2D eigenvalue weighted by Crippen LogP contribution is 2.24. The van der Waals surface area contributed by atoms with Crippen LogP contribution in [0, 0.1) is 6.92 Å². The minimum Gasteiger partial charge on any atom is -0.422 e. The lowest BCUT2D eigenvalue weighted by atomic mass is 10.0. The number of benzene rings is 1. The van der Waals surface area contributed by atoms with Gasteiger partial charge in [-0.2, -0.15) is 0 Å². The maximum Gasteiger partial charge on any atom is 0.349 e. The molecule has 5 nitrogen and oxygen atoms in total. The van der Waals surface area contributed by atoms with Crippen LogP contribution in [0.25, 0.3) is 11.0 Å². The van der Waals surface area contributed by atoms with Crippen molar-refractivity contribution >= 4 is 32.8 Å². The maximum absolute atomic E-state index is 12.7. The average molecular weight is 365 g/mol. The number of fused-ring (bicyclic) bond motifs is 1. The van der Waals surface area contributed by atoms with Crippen LogP contribution in [0.5, 0.6) is 0 Å². The molecule has 1 unspecified atom stereocenters. The molecule has 0 spiro atoms. The molecule has 2 heterocycles. The smallest absolute Gasteiger partial charge is 0.349 e. The van der Waals surface area contributed by atoms with E-state index >= 15 is 0 Å². The van der Waals surface area contributed by atoms with Crippen LogP contribution in [0.2, 0.25) is 0 Å². The van der Waals surface area contributed by atoms with Crippen molar-refractivity contribution in [3.05, 3.63) is 44.2 Å². The zero-order chi connectivity index (χ0) is 15.9. The number of amides is 1. The summed E-state index contributed by atoms with van der Waals surface area (Å²) in [4.78, 5) is 26.6. The third-order valence-electron chi connectivity index (χ3n) is 4.24. The Morgan fingerprint density at radius 2 is 2.23 bits per heavy atom. The van der Waals surface area contributed by atoms with Gasteiger partial charge in [-0.25, -0.2) is 4.79 Å². The van der Waals surface area contributed by atoms with Crippen molar-refractivity contribution in [3.8, 4) is 0 Å². The molecule has 0 aliphatic carbocycles. The molecule has 1 saturated heterocycles.